The molecule has 0 saturated heterocycles. The van der Waals surface area contributed by atoms with E-state index in [1.54, 1.807) is 19.2 Å². The predicted molar refractivity (Wildman–Crippen MR) is 81.1 cm³/mol. The van der Waals surface area contributed by atoms with E-state index in [9.17, 15) is 9.18 Å². The lowest BCUT2D eigenvalue weighted by Crippen LogP contribution is -2.26. The molecule has 1 aromatic heterocycles. The second-order valence-electron chi connectivity index (χ2n) is 4.78. The molecule has 0 radical (unpaired) electrons. The maximum atomic E-state index is 13.0. The van der Waals surface area contributed by atoms with Gasteiger partial charge in [0, 0.05) is 18.3 Å². The molecule has 0 N–H and O–H groups in total. The summed E-state index contributed by atoms with van der Waals surface area (Å²) in [5.41, 5.74) is 1.69. The van der Waals surface area contributed by atoms with Crippen molar-refractivity contribution in [2.24, 2.45) is 0 Å². The number of hydrogen-bond donors (Lipinski definition) is 0. The second-order valence-corrected chi connectivity index (χ2v) is 4.78. The van der Waals surface area contributed by atoms with Crippen molar-refractivity contribution in [2.75, 3.05) is 11.9 Å². The van der Waals surface area contributed by atoms with Crippen LogP contribution in [-0.2, 0) is 0 Å². The van der Waals surface area contributed by atoms with Crippen LogP contribution in [0.15, 0.2) is 65.3 Å². The number of nitrogens with zero attached hydrogens (tertiary/aromatic N) is 2. The zero-order chi connectivity index (χ0) is 15.5. The molecule has 0 aliphatic rings. The van der Waals surface area contributed by atoms with Gasteiger partial charge in [0.15, 0.2) is 5.76 Å². The molecule has 5 heteroatoms. The first-order valence-corrected chi connectivity index (χ1v) is 6.70. The normalized spacial score (nSPS) is 10.5. The van der Waals surface area contributed by atoms with Gasteiger partial charge in [-0.25, -0.2) is 4.39 Å². The number of rotatable bonds is 3. The van der Waals surface area contributed by atoms with E-state index in [-0.39, 0.29) is 11.7 Å². The van der Waals surface area contributed by atoms with E-state index in [1.165, 1.54) is 23.2 Å². The standard InChI is InChI=1S/C17H13FN2O2/c1-20(14-5-3-2-4-6-14)17(21)15-11-19-22-16(15)12-7-9-13(18)10-8-12/h2-11H,1H3. The fourth-order valence-corrected chi connectivity index (χ4v) is 2.15. The minimum absolute atomic E-state index is 0.244. The van der Waals surface area contributed by atoms with Gasteiger partial charge in [0.25, 0.3) is 5.91 Å². The lowest BCUT2D eigenvalue weighted by Gasteiger charge is -2.16. The van der Waals surface area contributed by atoms with Crippen LogP contribution in [-0.4, -0.2) is 18.1 Å². The van der Waals surface area contributed by atoms with E-state index in [1.807, 2.05) is 30.3 Å². The number of carbonyl (C=O) groups excluding carboxylic acids is 1. The highest BCUT2D eigenvalue weighted by atomic mass is 19.1. The molecule has 3 rings (SSSR count). The van der Waals surface area contributed by atoms with Crippen LogP contribution in [0.25, 0.3) is 11.3 Å². The molecule has 1 heterocycles. The average Bonchev–Trinajstić information content (AvgIpc) is 3.04. The largest absolute Gasteiger partial charge is 0.355 e. The molecule has 0 saturated carbocycles. The quantitative estimate of drug-likeness (QED) is 0.739. The van der Waals surface area contributed by atoms with Gasteiger partial charge in [0.2, 0.25) is 0 Å². The van der Waals surface area contributed by atoms with Crippen molar-refractivity contribution in [1.29, 1.82) is 0 Å². The monoisotopic (exact) mass is 296 g/mol. The summed E-state index contributed by atoms with van der Waals surface area (Å²) in [6, 6.07) is 15.0. The third kappa shape index (κ3) is 2.61. The van der Waals surface area contributed by atoms with Gasteiger partial charge >= 0.3 is 0 Å². The van der Waals surface area contributed by atoms with Crippen molar-refractivity contribution < 1.29 is 13.7 Å². The summed E-state index contributed by atoms with van der Waals surface area (Å²) in [7, 11) is 1.68. The van der Waals surface area contributed by atoms with Crippen LogP contribution in [0.3, 0.4) is 0 Å². The summed E-state index contributed by atoms with van der Waals surface area (Å²) in [5, 5.41) is 3.70. The first-order chi connectivity index (χ1) is 10.7. The van der Waals surface area contributed by atoms with Gasteiger partial charge in [-0.2, -0.15) is 0 Å². The van der Waals surface area contributed by atoms with E-state index in [0.29, 0.717) is 16.9 Å². The van der Waals surface area contributed by atoms with E-state index in [2.05, 4.69) is 5.16 Å². The minimum Gasteiger partial charge on any atom is -0.355 e. The molecule has 22 heavy (non-hydrogen) atoms. The van der Waals surface area contributed by atoms with Crippen LogP contribution in [0.2, 0.25) is 0 Å². The van der Waals surface area contributed by atoms with Gasteiger partial charge in [-0.3, -0.25) is 4.79 Å². The lowest BCUT2D eigenvalue weighted by atomic mass is 10.1. The molecule has 1 amide bonds. The molecule has 0 atom stereocenters. The Kier molecular flexibility index (Phi) is 3.70. The minimum atomic E-state index is -0.349. The van der Waals surface area contributed by atoms with E-state index >= 15 is 0 Å². The average molecular weight is 296 g/mol. The zero-order valence-corrected chi connectivity index (χ0v) is 11.9. The van der Waals surface area contributed by atoms with Gasteiger partial charge in [-0.05, 0) is 36.4 Å². The Bertz CT molecular complexity index is 782. The fraction of sp³-hybridized carbons (Fsp3) is 0.0588. The number of hydrogen-bond acceptors (Lipinski definition) is 3. The van der Waals surface area contributed by atoms with Crippen LogP contribution >= 0.6 is 0 Å². The number of carbonyl (C=O) groups is 1. The first kappa shape index (κ1) is 14.0. The summed E-state index contributed by atoms with van der Waals surface area (Å²) in [5.74, 6) is -0.267. The Morgan fingerprint density at radius 3 is 2.45 bits per heavy atom. The van der Waals surface area contributed by atoms with Crippen LogP contribution in [0.5, 0.6) is 0 Å². The second kappa shape index (κ2) is 5.81. The van der Waals surface area contributed by atoms with Gasteiger partial charge in [0.05, 0.1) is 6.20 Å². The molecular formula is C17H13FN2O2. The van der Waals surface area contributed by atoms with Gasteiger partial charge in [-0.15, -0.1) is 0 Å². The topological polar surface area (TPSA) is 46.3 Å². The number of anilines is 1. The molecular weight excluding hydrogens is 283 g/mol. The molecule has 0 unspecified atom stereocenters. The molecule has 0 fully saturated rings. The highest BCUT2D eigenvalue weighted by molar-refractivity contribution is 6.08. The van der Waals surface area contributed by atoms with Crippen molar-refractivity contribution >= 4 is 11.6 Å². The Labute approximate surface area is 126 Å². The maximum absolute atomic E-state index is 13.0. The molecule has 110 valence electrons. The third-order valence-electron chi connectivity index (χ3n) is 3.36. The van der Waals surface area contributed by atoms with Gasteiger partial charge in [0.1, 0.15) is 11.4 Å². The molecule has 4 nitrogen and oxygen atoms in total. The smallest absolute Gasteiger partial charge is 0.263 e. The van der Waals surface area contributed by atoms with Crippen LogP contribution < -0.4 is 4.90 Å². The van der Waals surface area contributed by atoms with Crippen LogP contribution in [0.1, 0.15) is 10.4 Å². The number of aromatic nitrogens is 1. The Morgan fingerprint density at radius 2 is 1.77 bits per heavy atom. The van der Waals surface area contributed by atoms with Crippen LogP contribution in [0, 0.1) is 5.82 Å². The Balaban J connectivity index is 1.94. The summed E-state index contributed by atoms with van der Waals surface area (Å²) in [6.07, 6.45) is 1.38. The van der Waals surface area contributed by atoms with E-state index in [4.69, 9.17) is 4.52 Å². The SMILES string of the molecule is CN(C(=O)c1cnoc1-c1ccc(F)cc1)c1ccccc1. The number of para-hydroxylation sites is 1. The van der Waals surface area contributed by atoms with Gasteiger partial charge in [-0.1, -0.05) is 23.4 Å². The van der Waals surface area contributed by atoms with Crippen LogP contribution in [0.4, 0.5) is 10.1 Å². The first-order valence-electron chi connectivity index (χ1n) is 6.70. The summed E-state index contributed by atoms with van der Waals surface area (Å²) < 4.78 is 18.2. The lowest BCUT2D eigenvalue weighted by molar-refractivity contribution is 0.0993. The predicted octanol–water partition coefficient (Wildman–Crippen LogP) is 3.76. The fourth-order valence-electron chi connectivity index (χ4n) is 2.15. The highest BCUT2D eigenvalue weighted by Gasteiger charge is 2.21. The van der Waals surface area contributed by atoms with Crippen molar-refractivity contribution in [3.63, 3.8) is 0 Å². The van der Waals surface area contributed by atoms with Crippen molar-refractivity contribution in [1.82, 2.24) is 5.16 Å². The summed E-state index contributed by atoms with van der Waals surface area (Å²) in [6.45, 7) is 0. The number of benzene rings is 2. The van der Waals surface area contributed by atoms with E-state index < -0.39 is 0 Å². The zero-order valence-electron chi connectivity index (χ0n) is 11.9. The maximum Gasteiger partial charge on any atom is 0.263 e. The Morgan fingerprint density at radius 1 is 1.09 bits per heavy atom. The van der Waals surface area contributed by atoms with E-state index in [0.717, 1.165) is 5.69 Å². The number of halogens is 1. The van der Waals surface area contributed by atoms with Crippen molar-refractivity contribution in [3.8, 4) is 11.3 Å². The highest BCUT2D eigenvalue weighted by Crippen LogP contribution is 2.26. The molecule has 0 aliphatic heterocycles. The van der Waals surface area contributed by atoms with Gasteiger partial charge < -0.3 is 9.42 Å². The molecule has 0 aliphatic carbocycles. The summed E-state index contributed by atoms with van der Waals surface area (Å²) in [4.78, 5) is 14.1. The molecule has 2 aromatic carbocycles. The molecule has 3 aromatic rings. The summed E-state index contributed by atoms with van der Waals surface area (Å²) >= 11 is 0. The third-order valence-corrected chi connectivity index (χ3v) is 3.36. The van der Waals surface area contributed by atoms with Crippen molar-refractivity contribution in [2.45, 2.75) is 0 Å². The number of amides is 1. The molecule has 0 bridgehead atoms. The van der Waals surface area contributed by atoms with Crippen molar-refractivity contribution in [3.05, 3.63) is 72.2 Å². The molecule has 0 spiro atoms. The Hall–Kier alpha value is -2.95.